The fourth-order valence-corrected chi connectivity index (χ4v) is 5.80. The zero-order valence-electron chi connectivity index (χ0n) is 24.2. The van der Waals surface area contributed by atoms with Gasteiger partial charge in [0.25, 0.3) is 11.1 Å². The molecule has 1 aliphatic heterocycles. The van der Waals surface area contributed by atoms with Crippen molar-refractivity contribution in [2.75, 3.05) is 44.7 Å². The normalized spacial score (nSPS) is 13.8. The van der Waals surface area contributed by atoms with E-state index in [0.717, 1.165) is 44.8 Å². The molecular weight excluding hydrogens is 542 g/mol. The van der Waals surface area contributed by atoms with E-state index < -0.39 is 11.2 Å². The molecule has 5 aromatic rings. The van der Waals surface area contributed by atoms with Gasteiger partial charge in [-0.1, -0.05) is 66.7 Å². The number of fused-ring (bicyclic) bond motifs is 1. The van der Waals surface area contributed by atoms with Crippen molar-refractivity contribution in [2.45, 2.75) is 12.8 Å². The molecule has 0 saturated carbocycles. The molecule has 2 aromatic heterocycles. The van der Waals surface area contributed by atoms with Gasteiger partial charge in [0, 0.05) is 38.7 Å². The van der Waals surface area contributed by atoms with Crippen LogP contribution in [-0.4, -0.2) is 58.0 Å². The van der Waals surface area contributed by atoms with Crippen molar-refractivity contribution in [2.24, 2.45) is 7.05 Å². The summed E-state index contributed by atoms with van der Waals surface area (Å²) in [6.07, 6.45) is 1.15. The lowest BCUT2D eigenvalue weighted by molar-refractivity contribution is 0.0378. The Morgan fingerprint density at radius 1 is 0.744 bits per heavy atom. The standard InChI is InChI=1S/C34H35N5O4/c1-36-31-29(33(41)39(27-16-9-4-10-17-27)34(42)38(31)26-14-7-3-8-15-26)30(35-18-11-19-37-20-22-43-23-21-37)28(32(36)40)24-25-12-5-2-6-13-25/h2-10,12-17,35H,11,18-24H2,1H3. The summed E-state index contributed by atoms with van der Waals surface area (Å²) in [4.78, 5) is 45.1. The molecule has 0 aliphatic carbocycles. The lowest BCUT2D eigenvalue weighted by Crippen LogP contribution is -2.41. The summed E-state index contributed by atoms with van der Waals surface area (Å²) in [5.41, 5.74) is 1.92. The van der Waals surface area contributed by atoms with Crippen LogP contribution in [0.1, 0.15) is 17.5 Å². The van der Waals surface area contributed by atoms with Crippen LogP contribution < -0.4 is 22.1 Å². The zero-order chi connectivity index (χ0) is 29.8. The van der Waals surface area contributed by atoms with E-state index in [0.29, 0.717) is 41.0 Å². The topological polar surface area (TPSA) is 90.5 Å². The number of nitrogens with zero attached hydrogens (tertiary/aromatic N) is 4. The van der Waals surface area contributed by atoms with Crippen LogP contribution in [0.4, 0.5) is 5.69 Å². The third-order valence-electron chi connectivity index (χ3n) is 7.98. The van der Waals surface area contributed by atoms with Crippen molar-refractivity contribution >= 4 is 16.7 Å². The van der Waals surface area contributed by atoms with E-state index in [9.17, 15) is 14.4 Å². The summed E-state index contributed by atoms with van der Waals surface area (Å²) in [5.74, 6) is 0. The van der Waals surface area contributed by atoms with Gasteiger partial charge in [-0.15, -0.1) is 0 Å². The summed E-state index contributed by atoms with van der Waals surface area (Å²) in [5, 5.41) is 3.80. The molecule has 0 atom stereocenters. The Bertz CT molecular complexity index is 1890. The molecule has 220 valence electrons. The van der Waals surface area contributed by atoms with Gasteiger partial charge in [-0.25, -0.2) is 13.9 Å². The molecule has 0 radical (unpaired) electrons. The first-order chi connectivity index (χ1) is 21.0. The highest BCUT2D eigenvalue weighted by molar-refractivity contribution is 5.92. The molecule has 1 aliphatic rings. The predicted octanol–water partition coefficient (Wildman–Crippen LogP) is 3.57. The van der Waals surface area contributed by atoms with Crippen LogP contribution in [0.2, 0.25) is 0 Å². The van der Waals surface area contributed by atoms with Crippen LogP contribution in [0.15, 0.2) is 105 Å². The van der Waals surface area contributed by atoms with E-state index in [2.05, 4.69) is 10.2 Å². The molecule has 0 bridgehead atoms. The molecule has 9 heteroatoms. The number of hydrogen-bond donors (Lipinski definition) is 1. The number of aromatic nitrogens is 3. The van der Waals surface area contributed by atoms with Crippen molar-refractivity contribution in [1.29, 1.82) is 0 Å². The van der Waals surface area contributed by atoms with Gasteiger partial charge in [0.1, 0.15) is 11.0 Å². The number of pyridine rings is 1. The Hall–Kier alpha value is -4.73. The van der Waals surface area contributed by atoms with E-state index in [1.807, 2.05) is 54.6 Å². The summed E-state index contributed by atoms with van der Waals surface area (Å²) in [7, 11) is 1.63. The molecule has 0 amide bonds. The van der Waals surface area contributed by atoms with Crippen molar-refractivity contribution in [3.05, 3.63) is 133 Å². The Morgan fingerprint density at radius 2 is 1.33 bits per heavy atom. The second kappa shape index (κ2) is 12.6. The number of morpholine rings is 1. The maximum absolute atomic E-state index is 14.5. The number of benzene rings is 3. The number of nitrogens with one attached hydrogen (secondary N) is 1. The molecule has 1 fully saturated rings. The molecule has 0 spiro atoms. The number of aryl methyl sites for hydroxylation is 1. The Labute approximate surface area is 249 Å². The maximum Gasteiger partial charge on any atom is 0.341 e. The van der Waals surface area contributed by atoms with E-state index in [-0.39, 0.29) is 11.2 Å². The maximum atomic E-state index is 14.5. The molecule has 6 rings (SSSR count). The SMILES string of the molecule is Cn1c(=O)c(Cc2ccccc2)c(NCCCN2CCOCC2)c2c(=O)n(-c3ccccc3)c(=O)n(-c3ccccc3)c21. The number of para-hydroxylation sites is 2. The van der Waals surface area contributed by atoms with Gasteiger partial charge >= 0.3 is 5.69 Å². The number of hydrogen-bond acceptors (Lipinski definition) is 6. The van der Waals surface area contributed by atoms with Gasteiger partial charge in [0.05, 0.1) is 30.3 Å². The minimum atomic E-state index is -0.543. The largest absolute Gasteiger partial charge is 0.384 e. The van der Waals surface area contributed by atoms with Crippen LogP contribution in [-0.2, 0) is 18.2 Å². The van der Waals surface area contributed by atoms with Crippen LogP contribution in [0.3, 0.4) is 0 Å². The van der Waals surface area contributed by atoms with Crippen molar-refractivity contribution < 1.29 is 4.74 Å². The van der Waals surface area contributed by atoms with Crippen molar-refractivity contribution in [3.8, 4) is 11.4 Å². The summed E-state index contributed by atoms with van der Waals surface area (Å²) in [6, 6.07) is 27.8. The van der Waals surface area contributed by atoms with Crippen molar-refractivity contribution in [1.82, 2.24) is 18.6 Å². The molecule has 3 heterocycles. The monoisotopic (exact) mass is 577 g/mol. The molecule has 9 nitrogen and oxygen atoms in total. The summed E-state index contributed by atoms with van der Waals surface area (Å²) in [6.45, 7) is 4.65. The van der Waals surface area contributed by atoms with E-state index in [4.69, 9.17) is 4.74 Å². The highest BCUT2D eigenvalue weighted by Gasteiger charge is 2.25. The molecule has 43 heavy (non-hydrogen) atoms. The number of ether oxygens (including phenoxy) is 1. The Kier molecular flexibility index (Phi) is 8.35. The average molecular weight is 578 g/mol. The third kappa shape index (κ3) is 5.69. The van der Waals surface area contributed by atoms with E-state index >= 15 is 0 Å². The van der Waals surface area contributed by atoms with Crippen molar-refractivity contribution in [3.63, 3.8) is 0 Å². The smallest absolute Gasteiger partial charge is 0.341 e. The lowest BCUT2D eigenvalue weighted by Gasteiger charge is -2.26. The lowest BCUT2D eigenvalue weighted by atomic mass is 10.0. The second-order valence-electron chi connectivity index (χ2n) is 10.7. The molecule has 1 saturated heterocycles. The Morgan fingerprint density at radius 3 is 1.95 bits per heavy atom. The third-order valence-corrected chi connectivity index (χ3v) is 7.98. The van der Waals surface area contributed by atoms with Gasteiger partial charge in [-0.05, 0) is 42.8 Å². The molecular formula is C34H35N5O4. The minimum absolute atomic E-state index is 0.255. The quantitative estimate of drug-likeness (QED) is 0.270. The van der Waals surface area contributed by atoms with E-state index in [1.165, 1.54) is 13.7 Å². The fraction of sp³-hybridized carbons (Fsp3) is 0.265. The predicted molar refractivity (Wildman–Crippen MR) is 170 cm³/mol. The van der Waals surface area contributed by atoms with Crippen LogP contribution in [0.5, 0.6) is 0 Å². The fourth-order valence-electron chi connectivity index (χ4n) is 5.80. The molecule has 3 aromatic carbocycles. The first-order valence-electron chi connectivity index (χ1n) is 14.7. The minimum Gasteiger partial charge on any atom is -0.384 e. The van der Waals surface area contributed by atoms with Crippen LogP contribution >= 0.6 is 0 Å². The first kappa shape index (κ1) is 28.4. The highest BCUT2D eigenvalue weighted by atomic mass is 16.5. The van der Waals surface area contributed by atoms with Crippen LogP contribution in [0, 0.1) is 0 Å². The van der Waals surface area contributed by atoms with Crippen LogP contribution in [0.25, 0.3) is 22.4 Å². The van der Waals surface area contributed by atoms with Gasteiger partial charge in [-0.3, -0.25) is 19.1 Å². The van der Waals surface area contributed by atoms with Gasteiger partial charge in [0.2, 0.25) is 0 Å². The summed E-state index contributed by atoms with van der Waals surface area (Å²) >= 11 is 0. The highest BCUT2D eigenvalue weighted by Crippen LogP contribution is 2.26. The van der Waals surface area contributed by atoms with Gasteiger partial charge < -0.3 is 10.1 Å². The Balaban J connectivity index is 1.60. The summed E-state index contributed by atoms with van der Waals surface area (Å²) < 4.78 is 9.59. The average Bonchev–Trinajstić information content (AvgIpc) is 3.05. The van der Waals surface area contributed by atoms with Gasteiger partial charge in [-0.2, -0.15) is 0 Å². The molecule has 0 unspecified atom stereocenters. The zero-order valence-corrected chi connectivity index (χ0v) is 24.2. The first-order valence-corrected chi connectivity index (χ1v) is 14.7. The van der Waals surface area contributed by atoms with Gasteiger partial charge in [0.15, 0.2) is 0 Å². The molecule has 1 N–H and O–H groups in total. The second-order valence-corrected chi connectivity index (χ2v) is 10.7. The number of rotatable bonds is 9. The number of anilines is 1. The van der Waals surface area contributed by atoms with E-state index in [1.54, 1.807) is 43.4 Å².